The van der Waals surface area contributed by atoms with E-state index in [9.17, 15) is 9.59 Å². The molecular formula is C21H21N3O3. The summed E-state index contributed by atoms with van der Waals surface area (Å²) in [5.41, 5.74) is 2.81. The Morgan fingerprint density at radius 3 is 2.59 bits per heavy atom. The van der Waals surface area contributed by atoms with Gasteiger partial charge in [-0.15, -0.1) is 0 Å². The molecule has 3 aromatic rings. The van der Waals surface area contributed by atoms with Gasteiger partial charge in [-0.3, -0.25) is 9.36 Å². The second kappa shape index (κ2) is 6.30. The lowest BCUT2D eigenvalue weighted by Crippen LogP contribution is -2.46. The third kappa shape index (κ3) is 2.72. The van der Waals surface area contributed by atoms with Crippen molar-refractivity contribution in [1.82, 2.24) is 14.5 Å². The maximum Gasteiger partial charge on any atom is 0.326 e. The van der Waals surface area contributed by atoms with Crippen LogP contribution in [0.3, 0.4) is 0 Å². The molecule has 6 heteroatoms. The van der Waals surface area contributed by atoms with Crippen molar-refractivity contribution in [2.75, 3.05) is 13.1 Å². The number of H-pyrrole nitrogens is 1. The molecule has 2 aliphatic heterocycles. The number of imidazole rings is 1. The predicted molar refractivity (Wildman–Crippen MR) is 102 cm³/mol. The van der Waals surface area contributed by atoms with Crippen LogP contribution in [-0.4, -0.2) is 39.6 Å². The molecule has 0 aliphatic carbocycles. The number of carbonyl (C=O) groups excluding carboxylic acids is 1. The van der Waals surface area contributed by atoms with Crippen LogP contribution in [0.1, 0.15) is 24.4 Å². The van der Waals surface area contributed by atoms with Crippen molar-refractivity contribution < 1.29 is 9.53 Å². The second-order valence-corrected chi connectivity index (χ2v) is 7.29. The molecule has 0 spiro atoms. The largest absolute Gasteiger partial charge is 0.480 e. The standard InChI is InChI=1S/C21H21N3O3/c25-20(19-13-14-5-1-4-8-18(14)27-19)23-11-9-15(10-12-23)24-17-7-3-2-6-16(17)22-21(24)26/h1-8,15,19H,9-13H2,(H,22,26). The van der Waals surface area contributed by atoms with Crippen LogP contribution < -0.4 is 10.4 Å². The van der Waals surface area contributed by atoms with E-state index in [0.717, 1.165) is 35.2 Å². The summed E-state index contributed by atoms with van der Waals surface area (Å²) in [5, 5.41) is 0. The Morgan fingerprint density at radius 2 is 1.78 bits per heavy atom. The number of nitrogens with zero attached hydrogens (tertiary/aromatic N) is 2. The minimum absolute atomic E-state index is 0.0518. The van der Waals surface area contributed by atoms with E-state index >= 15 is 0 Å². The molecule has 1 atom stereocenters. The number of aromatic nitrogens is 2. The van der Waals surface area contributed by atoms with Crippen molar-refractivity contribution in [3.63, 3.8) is 0 Å². The smallest absolute Gasteiger partial charge is 0.326 e. The van der Waals surface area contributed by atoms with Gasteiger partial charge in [-0.05, 0) is 36.6 Å². The van der Waals surface area contributed by atoms with E-state index in [2.05, 4.69) is 4.98 Å². The van der Waals surface area contributed by atoms with Crippen LogP contribution in [0, 0.1) is 0 Å². The van der Waals surface area contributed by atoms with E-state index < -0.39 is 6.10 Å². The Labute approximate surface area is 156 Å². The van der Waals surface area contributed by atoms with E-state index in [4.69, 9.17) is 4.74 Å². The van der Waals surface area contributed by atoms with Crippen molar-refractivity contribution in [2.24, 2.45) is 0 Å². The van der Waals surface area contributed by atoms with Gasteiger partial charge < -0.3 is 14.6 Å². The molecule has 6 nitrogen and oxygen atoms in total. The van der Waals surface area contributed by atoms with Gasteiger partial charge in [-0.25, -0.2) is 4.79 Å². The lowest BCUT2D eigenvalue weighted by atomic mass is 10.0. The third-order valence-corrected chi connectivity index (χ3v) is 5.69. The quantitative estimate of drug-likeness (QED) is 0.761. The normalized spacial score (nSPS) is 19.9. The van der Waals surface area contributed by atoms with Crippen LogP contribution in [-0.2, 0) is 11.2 Å². The van der Waals surface area contributed by atoms with E-state index in [1.807, 2.05) is 58.0 Å². The summed E-state index contributed by atoms with van der Waals surface area (Å²) in [6.45, 7) is 1.29. The minimum Gasteiger partial charge on any atom is -0.480 e. The number of para-hydroxylation sites is 3. The summed E-state index contributed by atoms with van der Waals surface area (Å²) in [6.07, 6.45) is 1.76. The minimum atomic E-state index is -0.422. The van der Waals surface area contributed by atoms with Crippen LogP contribution in [0.2, 0.25) is 0 Å². The summed E-state index contributed by atoms with van der Waals surface area (Å²) in [4.78, 5) is 30.1. The number of aromatic amines is 1. The summed E-state index contributed by atoms with van der Waals surface area (Å²) < 4.78 is 7.69. The van der Waals surface area contributed by atoms with E-state index in [1.54, 1.807) is 0 Å². The second-order valence-electron chi connectivity index (χ2n) is 7.29. The molecule has 1 unspecified atom stereocenters. The Balaban J connectivity index is 1.29. The van der Waals surface area contributed by atoms with Crippen LogP contribution in [0.15, 0.2) is 53.3 Å². The van der Waals surface area contributed by atoms with Gasteiger partial charge in [0.1, 0.15) is 5.75 Å². The van der Waals surface area contributed by atoms with Crippen LogP contribution in [0.5, 0.6) is 5.75 Å². The van der Waals surface area contributed by atoms with Crippen LogP contribution in [0.25, 0.3) is 11.0 Å². The topological polar surface area (TPSA) is 67.3 Å². The van der Waals surface area contributed by atoms with E-state index in [1.165, 1.54) is 0 Å². The van der Waals surface area contributed by atoms with Gasteiger partial charge in [0.05, 0.1) is 11.0 Å². The highest BCUT2D eigenvalue weighted by Crippen LogP contribution is 2.30. The molecule has 1 amide bonds. The summed E-state index contributed by atoms with van der Waals surface area (Å²) >= 11 is 0. The number of nitrogens with one attached hydrogen (secondary N) is 1. The number of piperidine rings is 1. The zero-order chi connectivity index (χ0) is 18.4. The van der Waals surface area contributed by atoms with Gasteiger partial charge >= 0.3 is 5.69 Å². The molecule has 27 heavy (non-hydrogen) atoms. The fourth-order valence-corrected chi connectivity index (χ4v) is 4.30. The number of hydrogen-bond donors (Lipinski definition) is 1. The Bertz CT molecular complexity index is 1030. The first-order chi connectivity index (χ1) is 13.2. The number of carbonyl (C=O) groups is 1. The predicted octanol–water partition coefficient (Wildman–Crippen LogP) is 2.50. The van der Waals surface area contributed by atoms with Gasteiger partial charge in [0.15, 0.2) is 6.10 Å². The number of likely N-dealkylation sites (tertiary alicyclic amines) is 1. The summed E-state index contributed by atoms with van der Waals surface area (Å²) in [6, 6.07) is 15.7. The lowest BCUT2D eigenvalue weighted by Gasteiger charge is -2.33. The lowest BCUT2D eigenvalue weighted by molar-refractivity contribution is -0.139. The van der Waals surface area contributed by atoms with E-state index in [-0.39, 0.29) is 17.6 Å². The molecule has 0 radical (unpaired) electrons. The molecule has 2 aromatic carbocycles. The van der Waals surface area contributed by atoms with Gasteiger partial charge in [-0.1, -0.05) is 30.3 Å². The Kier molecular flexibility index (Phi) is 3.77. The molecule has 1 aromatic heterocycles. The van der Waals surface area contributed by atoms with Crippen LogP contribution >= 0.6 is 0 Å². The molecule has 5 rings (SSSR count). The van der Waals surface area contributed by atoms with Gasteiger partial charge in [0.2, 0.25) is 0 Å². The number of fused-ring (bicyclic) bond motifs is 2. The van der Waals surface area contributed by atoms with Gasteiger partial charge in [-0.2, -0.15) is 0 Å². The maximum atomic E-state index is 12.9. The molecule has 138 valence electrons. The molecule has 3 heterocycles. The number of ether oxygens (including phenoxy) is 1. The van der Waals surface area contributed by atoms with Crippen molar-refractivity contribution in [3.8, 4) is 5.75 Å². The SMILES string of the molecule is O=C(C1Cc2ccccc2O1)N1CCC(n2c(=O)[nH]c3ccccc32)CC1. The first-order valence-corrected chi connectivity index (χ1v) is 9.43. The zero-order valence-electron chi connectivity index (χ0n) is 14.9. The molecule has 0 saturated carbocycles. The number of rotatable bonds is 2. The third-order valence-electron chi connectivity index (χ3n) is 5.69. The fraction of sp³-hybridized carbons (Fsp3) is 0.333. The fourth-order valence-electron chi connectivity index (χ4n) is 4.30. The highest BCUT2D eigenvalue weighted by atomic mass is 16.5. The van der Waals surface area contributed by atoms with Crippen LogP contribution in [0.4, 0.5) is 0 Å². The molecular weight excluding hydrogens is 342 g/mol. The molecule has 1 saturated heterocycles. The average Bonchev–Trinajstić information content (AvgIpc) is 3.27. The average molecular weight is 363 g/mol. The zero-order valence-corrected chi connectivity index (χ0v) is 14.9. The number of benzene rings is 2. The highest BCUT2D eigenvalue weighted by molar-refractivity contribution is 5.82. The number of amides is 1. The van der Waals surface area contributed by atoms with Crippen molar-refractivity contribution in [2.45, 2.75) is 31.4 Å². The summed E-state index contributed by atoms with van der Waals surface area (Å²) in [7, 11) is 0. The first-order valence-electron chi connectivity index (χ1n) is 9.43. The number of hydrogen-bond acceptors (Lipinski definition) is 3. The van der Waals surface area contributed by atoms with Crippen molar-refractivity contribution in [3.05, 3.63) is 64.6 Å². The van der Waals surface area contributed by atoms with Gasteiger partial charge in [0.25, 0.3) is 5.91 Å². The summed E-state index contributed by atoms with van der Waals surface area (Å²) in [5.74, 6) is 0.868. The molecule has 1 fully saturated rings. The van der Waals surface area contributed by atoms with Crippen molar-refractivity contribution >= 4 is 16.9 Å². The molecule has 2 aliphatic rings. The van der Waals surface area contributed by atoms with Gasteiger partial charge in [0, 0.05) is 25.6 Å². The van der Waals surface area contributed by atoms with E-state index in [0.29, 0.717) is 19.5 Å². The van der Waals surface area contributed by atoms with Crippen molar-refractivity contribution in [1.29, 1.82) is 0 Å². The molecule has 0 bridgehead atoms. The maximum absolute atomic E-state index is 12.9. The molecule has 1 N–H and O–H groups in total. The Hall–Kier alpha value is -3.02. The Morgan fingerprint density at radius 1 is 1.04 bits per heavy atom. The first kappa shape index (κ1) is 16.2. The monoisotopic (exact) mass is 363 g/mol. The highest BCUT2D eigenvalue weighted by Gasteiger charge is 2.34.